The Morgan fingerprint density at radius 1 is 1.06 bits per heavy atom. The van der Waals surface area contributed by atoms with Crippen LogP contribution >= 0.6 is 0 Å². The molecule has 9 heteroatoms. The predicted octanol–water partition coefficient (Wildman–Crippen LogP) is 5.17. The number of hydrogen-bond acceptors (Lipinski definition) is 4. The van der Waals surface area contributed by atoms with Gasteiger partial charge < -0.3 is 19.5 Å². The van der Waals surface area contributed by atoms with Crippen molar-refractivity contribution in [1.29, 1.82) is 0 Å². The zero-order valence-corrected chi connectivity index (χ0v) is 19.1. The molecular formula is C25H28F3NO5. The molecule has 0 aliphatic carbocycles. The van der Waals surface area contributed by atoms with Crippen molar-refractivity contribution in [3.63, 3.8) is 0 Å². The van der Waals surface area contributed by atoms with E-state index in [1.807, 2.05) is 23.1 Å². The van der Waals surface area contributed by atoms with Crippen molar-refractivity contribution in [2.24, 2.45) is 0 Å². The number of benzene rings is 2. The van der Waals surface area contributed by atoms with Crippen LogP contribution in [0.5, 0.6) is 11.5 Å². The number of hydrogen-bond donors (Lipinski definition) is 1. The van der Waals surface area contributed by atoms with Crippen molar-refractivity contribution < 1.29 is 37.3 Å². The minimum absolute atomic E-state index is 0.0141. The van der Waals surface area contributed by atoms with E-state index in [0.29, 0.717) is 25.3 Å². The van der Waals surface area contributed by atoms with Gasteiger partial charge in [0.15, 0.2) is 5.60 Å². The summed E-state index contributed by atoms with van der Waals surface area (Å²) < 4.78 is 46.3. The number of amides is 1. The lowest BCUT2D eigenvalue weighted by atomic mass is 9.90. The number of carboxylic acids is 1. The molecule has 0 bridgehead atoms. The molecule has 0 radical (unpaired) electrons. The number of aryl methyl sites for hydroxylation is 1. The fraction of sp³-hybridized carbons (Fsp3) is 0.440. The summed E-state index contributed by atoms with van der Waals surface area (Å²) in [7, 11) is 0. The Bertz CT molecular complexity index is 1000. The second kappa shape index (κ2) is 10.4. The molecule has 1 unspecified atom stereocenters. The first-order valence-corrected chi connectivity index (χ1v) is 11.1. The maximum absolute atomic E-state index is 12.8. The van der Waals surface area contributed by atoms with Crippen molar-refractivity contribution in [2.45, 2.75) is 57.4 Å². The average molecular weight is 479 g/mol. The van der Waals surface area contributed by atoms with Gasteiger partial charge in [0.05, 0.1) is 0 Å². The van der Waals surface area contributed by atoms with Crippen LogP contribution in [0.4, 0.5) is 13.2 Å². The van der Waals surface area contributed by atoms with E-state index in [2.05, 4.69) is 4.74 Å². The summed E-state index contributed by atoms with van der Waals surface area (Å²) in [6.07, 6.45) is -2.33. The Morgan fingerprint density at radius 2 is 1.76 bits per heavy atom. The van der Waals surface area contributed by atoms with Gasteiger partial charge >= 0.3 is 12.3 Å². The van der Waals surface area contributed by atoms with E-state index in [1.54, 1.807) is 6.07 Å². The van der Waals surface area contributed by atoms with Crippen molar-refractivity contribution in [1.82, 2.24) is 4.90 Å². The lowest BCUT2D eigenvalue weighted by Crippen LogP contribution is -2.39. The van der Waals surface area contributed by atoms with Crippen molar-refractivity contribution in [3.8, 4) is 11.5 Å². The van der Waals surface area contributed by atoms with Crippen LogP contribution in [0.25, 0.3) is 0 Å². The molecule has 2 aromatic rings. The van der Waals surface area contributed by atoms with Crippen LogP contribution in [-0.2, 0) is 16.0 Å². The fourth-order valence-electron chi connectivity index (χ4n) is 3.91. The standard InChI is InChI=1S/C25H28F3NO5/c1-24(2,23(31)32)33-21-7-3-5-18(15-21)19-6-4-14-29(16-19)22(30)13-10-17-8-11-20(12-9-17)34-25(26,27)28/h3,5,7-9,11-12,15,19H,4,6,10,13-14,16H2,1-2H3,(H,31,32). The molecule has 1 atom stereocenters. The van der Waals surface area contributed by atoms with E-state index in [9.17, 15) is 27.9 Å². The van der Waals surface area contributed by atoms with Gasteiger partial charge in [-0.05, 0) is 68.5 Å². The largest absolute Gasteiger partial charge is 0.573 e. The van der Waals surface area contributed by atoms with E-state index in [4.69, 9.17) is 4.74 Å². The van der Waals surface area contributed by atoms with E-state index in [-0.39, 0.29) is 24.0 Å². The molecule has 0 aromatic heterocycles. The number of ether oxygens (including phenoxy) is 2. The number of aliphatic carboxylic acids is 1. The van der Waals surface area contributed by atoms with Crippen LogP contribution in [-0.4, -0.2) is 46.9 Å². The van der Waals surface area contributed by atoms with Gasteiger partial charge in [-0.1, -0.05) is 24.3 Å². The van der Waals surface area contributed by atoms with Crippen LogP contribution in [0, 0.1) is 0 Å². The van der Waals surface area contributed by atoms with Gasteiger partial charge in [-0.25, -0.2) is 4.79 Å². The van der Waals surface area contributed by atoms with E-state index < -0.39 is 17.9 Å². The van der Waals surface area contributed by atoms with Gasteiger partial charge in [0, 0.05) is 25.4 Å². The number of rotatable bonds is 8. The van der Waals surface area contributed by atoms with Crippen LogP contribution in [0.15, 0.2) is 48.5 Å². The fourth-order valence-corrected chi connectivity index (χ4v) is 3.91. The maximum Gasteiger partial charge on any atom is 0.573 e. The highest BCUT2D eigenvalue weighted by molar-refractivity contribution is 5.77. The molecule has 184 valence electrons. The Balaban J connectivity index is 1.57. The van der Waals surface area contributed by atoms with Crippen molar-refractivity contribution in [2.75, 3.05) is 13.1 Å². The first-order chi connectivity index (χ1) is 15.9. The third-order valence-corrected chi connectivity index (χ3v) is 5.78. The summed E-state index contributed by atoms with van der Waals surface area (Å²) in [5.41, 5.74) is 0.378. The smallest absolute Gasteiger partial charge is 0.478 e. The highest BCUT2D eigenvalue weighted by Gasteiger charge is 2.31. The summed E-state index contributed by atoms with van der Waals surface area (Å²) in [5, 5.41) is 9.29. The molecular weight excluding hydrogens is 451 g/mol. The summed E-state index contributed by atoms with van der Waals surface area (Å²) in [5.74, 6) is -0.798. The van der Waals surface area contributed by atoms with Crippen LogP contribution in [0.2, 0.25) is 0 Å². The first-order valence-electron chi connectivity index (χ1n) is 11.1. The van der Waals surface area contributed by atoms with Crippen molar-refractivity contribution in [3.05, 3.63) is 59.7 Å². The Hall–Kier alpha value is -3.23. The summed E-state index contributed by atoms with van der Waals surface area (Å²) in [6.45, 7) is 4.17. The Kier molecular flexibility index (Phi) is 7.74. The number of likely N-dealkylation sites (tertiary alicyclic amines) is 1. The third-order valence-electron chi connectivity index (χ3n) is 5.78. The molecule has 0 saturated carbocycles. The lowest BCUT2D eigenvalue weighted by molar-refractivity contribution is -0.274. The molecule has 1 amide bonds. The molecule has 3 rings (SSSR count). The lowest BCUT2D eigenvalue weighted by Gasteiger charge is -2.33. The molecule has 1 aliphatic rings. The molecule has 1 N–H and O–H groups in total. The van der Waals surface area contributed by atoms with Gasteiger partial charge in [0.1, 0.15) is 11.5 Å². The predicted molar refractivity (Wildman–Crippen MR) is 119 cm³/mol. The van der Waals surface area contributed by atoms with Gasteiger partial charge in [0.2, 0.25) is 5.91 Å². The third kappa shape index (κ3) is 7.13. The van der Waals surface area contributed by atoms with Crippen LogP contribution in [0.1, 0.15) is 50.2 Å². The minimum atomic E-state index is -4.74. The second-order valence-corrected chi connectivity index (χ2v) is 8.86. The molecule has 1 heterocycles. The maximum atomic E-state index is 12.8. The zero-order valence-electron chi connectivity index (χ0n) is 19.1. The molecule has 6 nitrogen and oxygen atoms in total. The minimum Gasteiger partial charge on any atom is -0.478 e. The quantitative estimate of drug-likeness (QED) is 0.566. The monoisotopic (exact) mass is 479 g/mol. The number of piperidine rings is 1. The van der Waals surface area contributed by atoms with Gasteiger partial charge in [0.25, 0.3) is 0 Å². The molecule has 1 fully saturated rings. The molecule has 34 heavy (non-hydrogen) atoms. The number of carbonyl (C=O) groups excluding carboxylic acids is 1. The van der Waals surface area contributed by atoms with Crippen LogP contribution in [0.3, 0.4) is 0 Å². The molecule has 1 saturated heterocycles. The highest BCUT2D eigenvalue weighted by atomic mass is 19.4. The second-order valence-electron chi connectivity index (χ2n) is 8.86. The van der Waals surface area contributed by atoms with E-state index in [1.165, 1.54) is 38.1 Å². The molecule has 0 spiro atoms. The van der Waals surface area contributed by atoms with Gasteiger partial charge in [-0.3, -0.25) is 4.79 Å². The Morgan fingerprint density at radius 3 is 2.41 bits per heavy atom. The number of nitrogens with zero attached hydrogens (tertiary/aromatic N) is 1. The first kappa shape index (κ1) is 25.4. The number of carboxylic acid groups (broad SMARTS) is 1. The van der Waals surface area contributed by atoms with Crippen molar-refractivity contribution >= 4 is 11.9 Å². The number of alkyl halides is 3. The SMILES string of the molecule is CC(C)(Oc1cccc(C2CCCN(C(=O)CCc3ccc(OC(F)(F)F)cc3)C2)c1)C(=O)O. The van der Waals surface area contributed by atoms with E-state index in [0.717, 1.165) is 24.0 Å². The molecule has 2 aromatic carbocycles. The average Bonchev–Trinajstić information content (AvgIpc) is 2.77. The van der Waals surface area contributed by atoms with Gasteiger partial charge in [-0.2, -0.15) is 0 Å². The molecule has 1 aliphatic heterocycles. The summed E-state index contributed by atoms with van der Waals surface area (Å²) in [6, 6.07) is 12.8. The number of carbonyl (C=O) groups is 2. The zero-order chi connectivity index (χ0) is 24.9. The van der Waals surface area contributed by atoms with Gasteiger partial charge in [-0.15, -0.1) is 13.2 Å². The number of halogens is 3. The summed E-state index contributed by atoms with van der Waals surface area (Å²) in [4.78, 5) is 25.9. The topological polar surface area (TPSA) is 76.1 Å². The normalized spacial score (nSPS) is 16.7. The Labute approximate surface area is 196 Å². The van der Waals surface area contributed by atoms with E-state index >= 15 is 0 Å². The summed E-state index contributed by atoms with van der Waals surface area (Å²) >= 11 is 0. The van der Waals surface area contributed by atoms with Crippen LogP contribution < -0.4 is 9.47 Å². The highest BCUT2D eigenvalue weighted by Crippen LogP contribution is 2.31.